The molecule has 1 aromatic rings. The number of aliphatic hydroxyl groups is 1. The zero-order chi connectivity index (χ0) is 15.5. The molecule has 1 aromatic carbocycles. The van der Waals surface area contributed by atoms with Crippen LogP contribution in [-0.2, 0) is 16.4 Å². The van der Waals surface area contributed by atoms with Gasteiger partial charge in [0.1, 0.15) is 10.6 Å². The third kappa shape index (κ3) is 3.87. The Morgan fingerprint density at radius 3 is 2.95 bits per heavy atom. The Morgan fingerprint density at radius 1 is 1.48 bits per heavy atom. The SMILES string of the molecule is CC(CCCO)NS(=O)(=O)c1cc(N)cc2c1OCCC2. The maximum atomic E-state index is 12.5. The van der Waals surface area contributed by atoms with Crippen molar-refractivity contribution in [1.29, 1.82) is 0 Å². The van der Waals surface area contributed by atoms with Crippen LogP contribution in [-0.4, -0.2) is 32.8 Å². The number of ether oxygens (including phenoxy) is 1. The van der Waals surface area contributed by atoms with Gasteiger partial charge in [-0.2, -0.15) is 0 Å². The van der Waals surface area contributed by atoms with Gasteiger partial charge in [-0.1, -0.05) is 0 Å². The standard InChI is InChI=1S/C14H22N2O4S/c1-10(4-2-6-17)16-21(18,19)13-9-12(15)8-11-5-3-7-20-14(11)13/h8-10,16-17H,2-7,15H2,1H3. The molecule has 1 heterocycles. The lowest BCUT2D eigenvalue weighted by atomic mass is 10.1. The molecule has 0 aliphatic carbocycles. The van der Waals surface area contributed by atoms with Crippen molar-refractivity contribution in [3.63, 3.8) is 0 Å². The predicted octanol–water partition coefficient (Wildman–Crippen LogP) is 1.03. The van der Waals surface area contributed by atoms with Crippen molar-refractivity contribution in [2.75, 3.05) is 18.9 Å². The summed E-state index contributed by atoms with van der Waals surface area (Å²) in [6, 6.07) is 2.94. The number of sulfonamides is 1. The number of anilines is 1. The lowest BCUT2D eigenvalue weighted by Gasteiger charge is -2.22. The molecule has 118 valence electrons. The molecule has 7 heteroatoms. The molecule has 0 saturated carbocycles. The summed E-state index contributed by atoms with van der Waals surface area (Å²) >= 11 is 0. The van der Waals surface area contributed by atoms with Crippen LogP contribution in [0.15, 0.2) is 17.0 Å². The van der Waals surface area contributed by atoms with Gasteiger partial charge in [0, 0.05) is 18.3 Å². The highest BCUT2D eigenvalue weighted by atomic mass is 32.2. The lowest BCUT2D eigenvalue weighted by Crippen LogP contribution is -2.33. The van der Waals surface area contributed by atoms with Crippen LogP contribution in [0.25, 0.3) is 0 Å². The van der Waals surface area contributed by atoms with Crippen LogP contribution < -0.4 is 15.2 Å². The first-order valence-corrected chi connectivity index (χ1v) is 8.60. The maximum Gasteiger partial charge on any atom is 0.244 e. The van der Waals surface area contributed by atoms with E-state index in [0.29, 0.717) is 30.9 Å². The Hall–Kier alpha value is -1.31. The van der Waals surface area contributed by atoms with Crippen molar-refractivity contribution in [1.82, 2.24) is 4.72 Å². The first-order valence-electron chi connectivity index (χ1n) is 7.12. The Morgan fingerprint density at radius 2 is 2.24 bits per heavy atom. The number of fused-ring (bicyclic) bond motifs is 1. The summed E-state index contributed by atoms with van der Waals surface area (Å²) in [6.07, 6.45) is 2.75. The second-order valence-electron chi connectivity index (χ2n) is 5.35. The number of aryl methyl sites for hydroxylation is 1. The molecule has 1 atom stereocenters. The summed E-state index contributed by atoms with van der Waals surface area (Å²) in [6.45, 7) is 2.33. The molecule has 21 heavy (non-hydrogen) atoms. The summed E-state index contributed by atoms with van der Waals surface area (Å²) in [7, 11) is -3.69. The van der Waals surface area contributed by atoms with E-state index < -0.39 is 10.0 Å². The summed E-state index contributed by atoms with van der Waals surface area (Å²) < 4.78 is 33.2. The molecule has 0 bridgehead atoms. The predicted molar refractivity (Wildman–Crippen MR) is 80.8 cm³/mol. The van der Waals surface area contributed by atoms with Gasteiger partial charge in [-0.3, -0.25) is 0 Å². The summed E-state index contributed by atoms with van der Waals surface area (Å²) in [4.78, 5) is 0.105. The van der Waals surface area contributed by atoms with E-state index in [4.69, 9.17) is 15.6 Å². The Balaban J connectivity index is 2.29. The molecule has 0 saturated heterocycles. The third-order valence-electron chi connectivity index (χ3n) is 3.43. The maximum absolute atomic E-state index is 12.5. The minimum absolute atomic E-state index is 0.0445. The Labute approximate surface area is 125 Å². The molecule has 0 aromatic heterocycles. The van der Waals surface area contributed by atoms with Crippen molar-refractivity contribution >= 4 is 15.7 Å². The van der Waals surface area contributed by atoms with Gasteiger partial charge in [0.15, 0.2) is 0 Å². The molecule has 1 unspecified atom stereocenters. The third-order valence-corrected chi connectivity index (χ3v) is 5.03. The van der Waals surface area contributed by atoms with Crippen molar-refractivity contribution in [2.45, 2.75) is 43.5 Å². The summed E-state index contributed by atoms with van der Waals surface area (Å²) in [5.74, 6) is 0.414. The number of hydrogen-bond donors (Lipinski definition) is 3. The van der Waals surface area contributed by atoms with Gasteiger partial charge in [0.05, 0.1) is 6.61 Å². The molecule has 0 fully saturated rings. The van der Waals surface area contributed by atoms with Crippen LogP contribution >= 0.6 is 0 Å². The van der Waals surface area contributed by atoms with Crippen LogP contribution in [0, 0.1) is 0 Å². The van der Waals surface area contributed by atoms with Crippen LogP contribution in [0.3, 0.4) is 0 Å². The fourth-order valence-corrected chi connectivity index (χ4v) is 3.95. The van der Waals surface area contributed by atoms with E-state index in [2.05, 4.69) is 4.72 Å². The molecule has 2 rings (SSSR count). The molecule has 1 aliphatic heterocycles. The molecule has 0 radical (unpaired) electrons. The molecule has 0 spiro atoms. The molecule has 1 aliphatic rings. The van der Waals surface area contributed by atoms with Crippen LogP contribution in [0.1, 0.15) is 31.7 Å². The van der Waals surface area contributed by atoms with Gasteiger partial charge in [-0.15, -0.1) is 0 Å². The fraction of sp³-hybridized carbons (Fsp3) is 0.571. The van der Waals surface area contributed by atoms with E-state index in [1.807, 2.05) is 0 Å². The molecule has 0 amide bonds. The van der Waals surface area contributed by atoms with Crippen molar-refractivity contribution in [3.05, 3.63) is 17.7 Å². The van der Waals surface area contributed by atoms with E-state index in [1.54, 1.807) is 13.0 Å². The van der Waals surface area contributed by atoms with Gasteiger partial charge in [-0.25, -0.2) is 13.1 Å². The van der Waals surface area contributed by atoms with Crippen molar-refractivity contribution in [2.24, 2.45) is 0 Å². The van der Waals surface area contributed by atoms with Gasteiger partial charge in [-0.05, 0) is 50.3 Å². The highest BCUT2D eigenvalue weighted by Crippen LogP contribution is 2.34. The number of nitrogens with two attached hydrogens (primary N) is 1. The Bertz CT molecular complexity index is 601. The number of aliphatic hydroxyl groups excluding tert-OH is 1. The molecular weight excluding hydrogens is 292 g/mol. The highest BCUT2D eigenvalue weighted by Gasteiger charge is 2.26. The summed E-state index contributed by atoms with van der Waals surface area (Å²) in [5.41, 5.74) is 7.07. The topological polar surface area (TPSA) is 102 Å². The van der Waals surface area contributed by atoms with Gasteiger partial charge in [0.25, 0.3) is 0 Å². The van der Waals surface area contributed by atoms with E-state index in [1.165, 1.54) is 6.07 Å². The zero-order valence-electron chi connectivity index (χ0n) is 12.1. The van der Waals surface area contributed by atoms with Crippen molar-refractivity contribution in [3.8, 4) is 5.75 Å². The van der Waals surface area contributed by atoms with Crippen LogP contribution in [0.4, 0.5) is 5.69 Å². The first-order chi connectivity index (χ1) is 9.94. The molecule has 4 N–H and O–H groups in total. The largest absolute Gasteiger partial charge is 0.492 e. The smallest absolute Gasteiger partial charge is 0.244 e. The van der Waals surface area contributed by atoms with E-state index >= 15 is 0 Å². The number of benzene rings is 1. The average molecular weight is 314 g/mol. The van der Waals surface area contributed by atoms with Gasteiger partial charge < -0.3 is 15.6 Å². The second kappa shape index (κ2) is 6.64. The monoisotopic (exact) mass is 314 g/mol. The van der Waals surface area contributed by atoms with E-state index in [0.717, 1.165) is 18.4 Å². The number of hydrogen-bond acceptors (Lipinski definition) is 5. The number of nitrogen functional groups attached to an aromatic ring is 1. The minimum Gasteiger partial charge on any atom is -0.492 e. The second-order valence-corrected chi connectivity index (χ2v) is 7.03. The van der Waals surface area contributed by atoms with Gasteiger partial charge in [0.2, 0.25) is 10.0 Å². The number of rotatable bonds is 6. The normalized spacial score (nSPS) is 16.1. The summed E-state index contributed by atoms with van der Waals surface area (Å²) in [5, 5.41) is 8.81. The van der Waals surface area contributed by atoms with Crippen LogP contribution in [0.2, 0.25) is 0 Å². The zero-order valence-corrected chi connectivity index (χ0v) is 12.9. The number of nitrogens with one attached hydrogen (secondary N) is 1. The lowest BCUT2D eigenvalue weighted by molar-refractivity contribution is 0.278. The molecular formula is C14H22N2O4S. The quantitative estimate of drug-likeness (QED) is 0.681. The first kappa shape index (κ1) is 16.1. The Kier molecular flexibility index (Phi) is 5.08. The average Bonchev–Trinajstić information content (AvgIpc) is 2.43. The van der Waals surface area contributed by atoms with E-state index in [-0.39, 0.29) is 17.5 Å². The molecule has 6 nitrogen and oxygen atoms in total. The van der Waals surface area contributed by atoms with Crippen molar-refractivity contribution < 1.29 is 18.3 Å². The van der Waals surface area contributed by atoms with Gasteiger partial charge >= 0.3 is 0 Å². The van der Waals surface area contributed by atoms with Crippen LogP contribution in [0.5, 0.6) is 5.75 Å². The highest BCUT2D eigenvalue weighted by molar-refractivity contribution is 7.89. The van der Waals surface area contributed by atoms with E-state index in [9.17, 15) is 8.42 Å². The minimum atomic E-state index is -3.69. The fourth-order valence-electron chi connectivity index (χ4n) is 2.45.